The fraction of sp³-hybridized carbons (Fsp3) is 0.647. The number of nitrogens with zero attached hydrogens (tertiary/aromatic N) is 1. The van der Waals surface area contributed by atoms with Gasteiger partial charge in [0.15, 0.2) is 0 Å². The van der Waals surface area contributed by atoms with Gasteiger partial charge in [-0.25, -0.2) is 0 Å². The minimum absolute atomic E-state index is 0.314. The molecule has 112 valence electrons. The number of halogens is 1. The summed E-state index contributed by atoms with van der Waals surface area (Å²) in [5.74, 6) is 0. The Hall–Kier alpha value is -0.130. The van der Waals surface area contributed by atoms with Crippen LogP contribution in [0.5, 0.6) is 0 Å². The van der Waals surface area contributed by atoms with E-state index in [4.69, 9.17) is 0 Å². The van der Waals surface area contributed by atoms with Gasteiger partial charge in [0.25, 0.3) is 0 Å². The summed E-state index contributed by atoms with van der Waals surface area (Å²) >= 11 is 2.37. The predicted octanol–water partition coefficient (Wildman–Crippen LogP) is 3.89. The van der Waals surface area contributed by atoms with Gasteiger partial charge in [-0.2, -0.15) is 0 Å². The molecule has 0 spiro atoms. The van der Waals surface area contributed by atoms with Crippen molar-refractivity contribution in [3.8, 4) is 0 Å². The molecule has 2 rings (SSSR count). The van der Waals surface area contributed by atoms with Crippen molar-refractivity contribution in [2.24, 2.45) is 5.41 Å². The van der Waals surface area contributed by atoms with Crippen molar-refractivity contribution < 1.29 is 0 Å². The summed E-state index contributed by atoms with van der Waals surface area (Å²) in [5, 5.41) is 3.73. The monoisotopic (exact) mass is 386 g/mol. The van der Waals surface area contributed by atoms with E-state index >= 15 is 0 Å². The minimum Gasteiger partial charge on any atom is -0.312 e. The highest BCUT2D eigenvalue weighted by molar-refractivity contribution is 14.1. The maximum Gasteiger partial charge on any atom is 0.0243 e. The SMILES string of the molecule is CC1CCNC(C(C)(C)C)CN1Cc1ccc(I)cc1. The van der Waals surface area contributed by atoms with Crippen LogP contribution in [0.2, 0.25) is 0 Å². The number of nitrogens with one attached hydrogen (secondary N) is 1. The van der Waals surface area contributed by atoms with Crippen LogP contribution >= 0.6 is 22.6 Å². The van der Waals surface area contributed by atoms with Crippen LogP contribution in [0.25, 0.3) is 0 Å². The van der Waals surface area contributed by atoms with Gasteiger partial charge in [0, 0.05) is 28.7 Å². The second-order valence-corrected chi connectivity index (χ2v) is 8.31. The van der Waals surface area contributed by atoms with Crippen molar-refractivity contribution >= 4 is 22.6 Å². The Bertz CT molecular complexity index is 422. The molecule has 2 atom stereocenters. The average molecular weight is 386 g/mol. The van der Waals surface area contributed by atoms with E-state index in [-0.39, 0.29) is 0 Å². The standard InChI is InChI=1S/C17H27IN2/c1-13-9-10-19-16(17(2,3)4)12-20(13)11-14-5-7-15(18)8-6-14/h5-8,13,16,19H,9-12H2,1-4H3. The van der Waals surface area contributed by atoms with Crippen LogP contribution in [-0.4, -0.2) is 30.1 Å². The molecule has 2 nitrogen and oxygen atoms in total. The first-order chi connectivity index (χ1) is 9.36. The number of benzene rings is 1. The second kappa shape index (κ2) is 6.75. The van der Waals surface area contributed by atoms with E-state index < -0.39 is 0 Å². The molecule has 1 N–H and O–H groups in total. The Kier molecular flexibility index (Phi) is 5.49. The third kappa shape index (κ3) is 4.43. The molecule has 0 radical (unpaired) electrons. The van der Waals surface area contributed by atoms with Crippen molar-refractivity contribution in [2.75, 3.05) is 13.1 Å². The van der Waals surface area contributed by atoms with E-state index in [1.807, 2.05) is 0 Å². The van der Waals surface area contributed by atoms with Crippen LogP contribution < -0.4 is 5.32 Å². The average Bonchev–Trinajstić information content (AvgIpc) is 2.55. The van der Waals surface area contributed by atoms with E-state index in [9.17, 15) is 0 Å². The molecule has 1 aliphatic heterocycles. The van der Waals surface area contributed by atoms with E-state index in [1.54, 1.807) is 0 Å². The fourth-order valence-corrected chi connectivity index (χ4v) is 3.11. The normalized spacial score (nSPS) is 25.4. The van der Waals surface area contributed by atoms with Crippen LogP contribution in [0.15, 0.2) is 24.3 Å². The number of hydrogen-bond donors (Lipinski definition) is 1. The Balaban J connectivity index is 2.08. The van der Waals surface area contributed by atoms with Gasteiger partial charge in [0.1, 0.15) is 0 Å². The number of rotatable bonds is 2. The summed E-state index contributed by atoms with van der Waals surface area (Å²) in [6, 6.07) is 10.2. The first-order valence-corrected chi connectivity index (χ1v) is 8.66. The summed E-state index contributed by atoms with van der Waals surface area (Å²) in [5.41, 5.74) is 1.74. The van der Waals surface area contributed by atoms with Gasteiger partial charge in [-0.3, -0.25) is 4.90 Å². The first-order valence-electron chi connectivity index (χ1n) is 7.58. The summed E-state index contributed by atoms with van der Waals surface area (Å²) in [7, 11) is 0. The Morgan fingerprint density at radius 1 is 1.25 bits per heavy atom. The topological polar surface area (TPSA) is 15.3 Å². The highest BCUT2D eigenvalue weighted by Gasteiger charge is 2.30. The van der Waals surface area contributed by atoms with Crippen LogP contribution in [0.3, 0.4) is 0 Å². The third-order valence-corrected chi connectivity index (χ3v) is 5.06. The van der Waals surface area contributed by atoms with Crippen molar-refractivity contribution in [1.29, 1.82) is 0 Å². The zero-order valence-electron chi connectivity index (χ0n) is 13.1. The molecule has 0 aromatic heterocycles. The lowest BCUT2D eigenvalue weighted by Gasteiger charge is -2.35. The first kappa shape index (κ1) is 16.2. The summed E-state index contributed by atoms with van der Waals surface area (Å²) in [6.45, 7) is 12.7. The van der Waals surface area contributed by atoms with Crippen molar-refractivity contribution in [3.63, 3.8) is 0 Å². The second-order valence-electron chi connectivity index (χ2n) is 7.07. The van der Waals surface area contributed by atoms with Crippen molar-refractivity contribution in [1.82, 2.24) is 10.2 Å². The lowest BCUT2D eigenvalue weighted by Crippen LogP contribution is -2.47. The van der Waals surface area contributed by atoms with Crippen molar-refractivity contribution in [3.05, 3.63) is 33.4 Å². The summed E-state index contributed by atoms with van der Waals surface area (Å²) in [6.07, 6.45) is 1.23. The van der Waals surface area contributed by atoms with E-state index in [0.717, 1.165) is 19.6 Å². The molecule has 1 saturated heterocycles. The maximum atomic E-state index is 3.73. The van der Waals surface area contributed by atoms with E-state index in [0.29, 0.717) is 17.5 Å². The van der Waals surface area contributed by atoms with E-state index in [2.05, 4.69) is 84.8 Å². The molecule has 20 heavy (non-hydrogen) atoms. The quantitative estimate of drug-likeness (QED) is 0.776. The molecule has 0 saturated carbocycles. The molecule has 1 fully saturated rings. The van der Waals surface area contributed by atoms with Gasteiger partial charge in [-0.1, -0.05) is 32.9 Å². The Morgan fingerprint density at radius 2 is 1.90 bits per heavy atom. The summed E-state index contributed by atoms with van der Waals surface area (Å²) in [4.78, 5) is 2.64. The fourth-order valence-electron chi connectivity index (χ4n) is 2.75. The molecule has 1 aliphatic rings. The molecule has 3 heteroatoms. The lowest BCUT2D eigenvalue weighted by molar-refractivity contribution is 0.157. The van der Waals surface area contributed by atoms with Crippen molar-refractivity contribution in [2.45, 2.75) is 52.7 Å². The van der Waals surface area contributed by atoms with E-state index in [1.165, 1.54) is 15.6 Å². The van der Waals surface area contributed by atoms with Gasteiger partial charge in [-0.05, 0) is 65.6 Å². The van der Waals surface area contributed by atoms with Gasteiger partial charge < -0.3 is 5.32 Å². The molecule has 0 aliphatic carbocycles. The zero-order chi connectivity index (χ0) is 14.8. The van der Waals surface area contributed by atoms with Crippen LogP contribution in [0.4, 0.5) is 0 Å². The highest BCUT2D eigenvalue weighted by atomic mass is 127. The van der Waals surface area contributed by atoms with Crippen LogP contribution in [0, 0.1) is 8.99 Å². The molecule has 1 heterocycles. The van der Waals surface area contributed by atoms with Gasteiger partial charge in [0.2, 0.25) is 0 Å². The number of hydrogen-bond acceptors (Lipinski definition) is 2. The minimum atomic E-state index is 0.314. The maximum absolute atomic E-state index is 3.73. The Labute approximate surface area is 137 Å². The van der Waals surface area contributed by atoms with Gasteiger partial charge >= 0.3 is 0 Å². The lowest BCUT2D eigenvalue weighted by atomic mass is 9.86. The Morgan fingerprint density at radius 3 is 2.50 bits per heavy atom. The summed E-state index contributed by atoms with van der Waals surface area (Å²) < 4.78 is 1.31. The predicted molar refractivity (Wildman–Crippen MR) is 94.9 cm³/mol. The third-order valence-electron chi connectivity index (χ3n) is 4.34. The van der Waals surface area contributed by atoms with Crippen LogP contribution in [0.1, 0.15) is 39.7 Å². The molecule has 0 bridgehead atoms. The van der Waals surface area contributed by atoms with Crippen LogP contribution in [-0.2, 0) is 6.54 Å². The molecular weight excluding hydrogens is 359 g/mol. The molecule has 1 aromatic carbocycles. The molecular formula is C17H27IN2. The smallest absolute Gasteiger partial charge is 0.0243 e. The van der Waals surface area contributed by atoms with Gasteiger partial charge in [0.05, 0.1) is 0 Å². The largest absolute Gasteiger partial charge is 0.312 e. The zero-order valence-corrected chi connectivity index (χ0v) is 15.3. The molecule has 2 unspecified atom stereocenters. The van der Waals surface area contributed by atoms with Gasteiger partial charge in [-0.15, -0.1) is 0 Å². The molecule has 1 aromatic rings. The molecule has 0 amide bonds. The highest BCUT2D eigenvalue weighted by Crippen LogP contribution is 2.24.